The van der Waals surface area contributed by atoms with Crippen LogP contribution in [0.15, 0.2) is 18.2 Å². The van der Waals surface area contributed by atoms with Gasteiger partial charge >= 0.3 is 5.69 Å². The van der Waals surface area contributed by atoms with Gasteiger partial charge in [0.15, 0.2) is 6.10 Å². The van der Waals surface area contributed by atoms with Gasteiger partial charge in [0, 0.05) is 38.3 Å². The largest absolute Gasteiger partial charge is 0.481 e. The van der Waals surface area contributed by atoms with Gasteiger partial charge in [-0.05, 0) is 13.0 Å². The molecular formula is C13H16FN3O4. The number of carbonyl (C=O) groups excluding carboxylic acids is 1. The first-order chi connectivity index (χ1) is 9.99. The van der Waals surface area contributed by atoms with E-state index >= 15 is 0 Å². The summed E-state index contributed by atoms with van der Waals surface area (Å²) in [6.45, 7) is 4.22. The van der Waals surface area contributed by atoms with E-state index in [1.165, 1.54) is 6.07 Å². The van der Waals surface area contributed by atoms with Gasteiger partial charge in [0.2, 0.25) is 5.82 Å². The Morgan fingerprint density at radius 3 is 2.71 bits per heavy atom. The van der Waals surface area contributed by atoms with Crippen LogP contribution in [0.5, 0.6) is 5.75 Å². The molecule has 1 heterocycles. The van der Waals surface area contributed by atoms with E-state index in [9.17, 15) is 19.3 Å². The van der Waals surface area contributed by atoms with E-state index in [0.29, 0.717) is 13.1 Å². The number of nitrogens with one attached hydrogen (secondary N) is 1. The van der Waals surface area contributed by atoms with Crippen molar-refractivity contribution in [2.75, 3.05) is 26.2 Å². The first-order valence-electron chi connectivity index (χ1n) is 6.59. The Kier molecular flexibility index (Phi) is 4.69. The first-order valence-corrected chi connectivity index (χ1v) is 6.59. The number of amides is 1. The second-order valence-electron chi connectivity index (χ2n) is 4.71. The molecule has 1 aliphatic rings. The molecule has 0 aliphatic carbocycles. The molecule has 0 saturated carbocycles. The predicted octanol–water partition coefficient (Wildman–Crippen LogP) is 0.933. The highest BCUT2D eigenvalue weighted by Gasteiger charge is 2.24. The highest BCUT2D eigenvalue weighted by Crippen LogP contribution is 2.23. The van der Waals surface area contributed by atoms with Gasteiger partial charge < -0.3 is 15.0 Å². The number of nitro benzene ring substituents is 1. The van der Waals surface area contributed by atoms with Gasteiger partial charge in [0.1, 0.15) is 5.75 Å². The number of carbonyl (C=O) groups is 1. The number of ether oxygens (including phenoxy) is 1. The van der Waals surface area contributed by atoms with Gasteiger partial charge in [-0.25, -0.2) is 0 Å². The summed E-state index contributed by atoms with van der Waals surface area (Å²) in [4.78, 5) is 23.5. The monoisotopic (exact) mass is 297 g/mol. The van der Waals surface area contributed by atoms with Crippen LogP contribution in [0.3, 0.4) is 0 Å². The lowest BCUT2D eigenvalue weighted by molar-refractivity contribution is -0.387. The van der Waals surface area contributed by atoms with E-state index in [2.05, 4.69) is 5.32 Å². The number of benzene rings is 1. The van der Waals surface area contributed by atoms with Crippen molar-refractivity contribution < 1.29 is 18.8 Å². The molecule has 8 heteroatoms. The normalized spacial score (nSPS) is 16.4. The lowest BCUT2D eigenvalue weighted by Gasteiger charge is -2.29. The zero-order valence-corrected chi connectivity index (χ0v) is 11.5. The number of nitro groups is 1. The minimum Gasteiger partial charge on any atom is -0.481 e. The van der Waals surface area contributed by atoms with E-state index < -0.39 is 22.5 Å². The van der Waals surface area contributed by atoms with Gasteiger partial charge in [-0.15, -0.1) is 0 Å². The molecule has 1 fully saturated rings. The Hall–Kier alpha value is -2.22. The van der Waals surface area contributed by atoms with E-state index in [1.807, 2.05) is 0 Å². The molecular weight excluding hydrogens is 281 g/mol. The fraction of sp³-hybridized carbons (Fsp3) is 0.462. The zero-order valence-electron chi connectivity index (χ0n) is 11.5. The molecule has 1 unspecified atom stereocenters. The van der Waals surface area contributed by atoms with Crippen LogP contribution < -0.4 is 10.1 Å². The van der Waals surface area contributed by atoms with Crippen LogP contribution in [0.25, 0.3) is 0 Å². The second-order valence-corrected chi connectivity index (χ2v) is 4.71. The van der Waals surface area contributed by atoms with Crippen LogP contribution in [0.1, 0.15) is 6.92 Å². The molecule has 0 aromatic heterocycles. The van der Waals surface area contributed by atoms with Crippen molar-refractivity contribution in [3.8, 4) is 5.75 Å². The minimum absolute atomic E-state index is 0.0917. The molecule has 0 radical (unpaired) electrons. The topological polar surface area (TPSA) is 84.7 Å². The fourth-order valence-corrected chi connectivity index (χ4v) is 2.11. The summed E-state index contributed by atoms with van der Waals surface area (Å²) in [5.74, 6) is -1.08. The highest BCUT2D eigenvalue weighted by molar-refractivity contribution is 5.81. The molecule has 1 amide bonds. The van der Waals surface area contributed by atoms with Crippen molar-refractivity contribution in [3.05, 3.63) is 34.1 Å². The Morgan fingerprint density at radius 2 is 2.14 bits per heavy atom. The molecule has 7 nitrogen and oxygen atoms in total. The quantitative estimate of drug-likeness (QED) is 0.660. The molecule has 21 heavy (non-hydrogen) atoms. The van der Waals surface area contributed by atoms with Crippen LogP contribution in [0.4, 0.5) is 10.1 Å². The smallest absolute Gasteiger partial charge is 0.305 e. The lowest BCUT2D eigenvalue weighted by Crippen LogP contribution is -2.50. The lowest BCUT2D eigenvalue weighted by atomic mass is 10.2. The van der Waals surface area contributed by atoms with Crippen molar-refractivity contribution >= 4 is 11.6 Å². The zero-order chi connectivity index (χ0) is 15.4. The number of hydrogen-bond donors (Lipinski definition) is 1. The molecule has 1 saturated heterocycles. The van der Waals surface area contributed by atoms with Crippen molar-refractivity contribution in [2.24, 2.45) is 0 Å². The van der Waals surface area contributed by atoms with E-state index in [0.717, 1.165) is 25.2 Å². The number of nitrogens with zero attached hydrogens (tertiary/aromatic N) is 2. The second kappa shape index (κ2) is 6.49. The Labute approximate surface area is 120 Å². The number of halogens is 1. The van der Waals surface area contributed by atoms with Gasteiger partial charge in [-0.1, -0.05) is 0 Å². The van der Waals surface area contributed by atoms with Crippen molar-refractivity contribution in [1.29, 1.82) is 0 Å². The maximum atomic E-state index is 13.5. The van der Waals surface area contributed by atoms with Gasteiger partial charge in [0.25, 0.3) is 5.91 Å². The summed E-state index contributed by atoms with van der Waals surface area (Å²) in [6.07, 6.45) is -0.774. The van der Waals surface area contributed by atoms with E-state index in [1.54, 1.807) is 11.8 Å². The summed E-state index contributed by atoms with van der Waals surface area (Å²) in [6, 6.07) is 3.22. The summed E-state index contributed by atoms with van der Waals surface area (Å²) < 4.78 is 18.9. The molecule has 1 atom stereocenters. The highest BCUT2D eigenvalue weighted by atomic mass is 19.1. The van der Waals surface area contributed by atoms with Crippen molar-refractivity contribution in [1.82, 2.24) is 10.2 Å². The van der Waals surface area contributed by atoms with Crippen LogP contribution >= 0.6 is 0 Å². The van der Waals surface area contributed by atoms with Gasteiger partial charge in [-0.2, -0.15) is 4.39 Å². The molecule has 0 bridgehead atoms. The number of piperazine rings is 1. The Bertz CT molecular complexity index is 546. The van der Waals surface area contributed by atoms with Crippen molar-refractivity contribution in [3.63, 3.8) is 0 Å². The maximum Gasteiger partial charge on any atom is 0.305 e. The number of rotatable bonds is 4. The molecule has 1 aliphatic heterocycles. The predicted molar refractivity (Wildman–Crippen MR) is 72.6 cm³/mol. The third-order valence-corrected chi connectivity index (χ3v) is 3.21. The van der Waals surface area contributed by atoms with Crippen LogP contribution in [0, 0.1) is 15.9 Å². The SMILES string of the molecule is CC(Oc1ccc([N+](=O)[O-])c(F)c1)C(=O)N1CCNCC1. The molecule has 1 N–H and O–H groups in total. The third-order valence-electron chi connectivity index (χ3n) is 3.21. The van der Waals surface area contributed by atoms with Crippen LogP contribution in [-0.4, -0.2) is 48.0 Å². The van der Waals surface area contributed by atoms with Crippen LogP contribution in [-0.2, 0) is 4.79 Å². The first kappa shape index (κ1) is 15.2. The Morgan fingerprint density at radius 1 is 1.48 bits per heavy atom. The summed E-state index contributed by atoms with van der Waals surface area (Å²) in [5.41, 5.74) is -0.622. The maximum absolute atomic E-state index is 13.5. The summed E-state index contributed by atoms with van der Waals surface area (Å²) in [5, 5.41) is 13.7. The summed E-state index contributed by atoms with van der Waals surface area (Å²) >= 11 is 0. The van der Waals surface area contributed by atoms with Crippen LogP contribution in [0.2, 0.25) is 0 Å². The standard InChI is InChI=1S/C13H16FN3O4/c1-9(13(18)16-6-4-15-5-7-16)21-10-2-3-12(17(19)20)11(14)8-10/h2-3,8-9,15H,4-7H2,1H3. The minimum atomic E-state index is -0.987. The van der Waals surface area contributed by atoms with E-state index in [-0.39, 0.29) is 11.7 Å². The van der Waals surface area contributed by atoms with Gasteiger partial charge in [-0.3, -0.25) is 14.9 Å². The average molecular weight is 297 g/mol. The molecule has 0 spiro atoms. The number of hydrogen-bond acceptors (Lipinski definition) is 5. The summed E-state index contributed by atoms with van der Waals surface area (Å²) in [7, 11) is 0. The third kappa shape index (κ3) is 3.66. The average Bonchev–Trinajstić information content (AvgIpc) is 2.47. The van der Waals surface area contributed by atoms with Crippen molar-refractivity contribution in [2.45, 2.75) is 13.0 Å². The van der Waals surface area contributed by atoms with Gasteiger partial charge in [0.05, 0.1) is 4.92 Å². The Balaban J connectivity index is 2.01. The fourth-order valence-electron chi connectivity index (χ4n) is 2.11. The molecule has 1 aromatic rings. The van der Waals surface area contributed by atoms with E-state index in [4.69, 9.17) is 4.74 Å². The molecule has 2 rings (SSSR count). The molecule has 114 valence electrons. The molecule has 1 aromatic carbocycles.